The van der Waals surface area contributed by atoms with Gasteiger partial charge in [-0.15, -0.1) is 15.3 Å². The van der Waals surface area contributed by atoms with E-state index in [1.54, 1.807) is 17.1 Å². The molecule has 0 fully saturated rings. The molecule has 0 spiro atoms. The van der Waals surface area contributed by atoms with Gasteiger partial charge in [-0.05, 0) is 36.4 Å². The number of hydrazone groups is 1. The van der Waals surface area contributed by atoms with Gasteiger partial charge < -0.3 is 0 Å². The topological polar surface area (TPSA) is 83.5 Å². The van der Waals surface area contributed by atoms with Gasteiger partial charge in [-0.25, -0.2) is 5.01 Å². The van der Waals surface area contributed by atoms with Crippen LogP contribution in [-0.4, -0.2) is 10.8 Å². The lowest BCUT2D eigenvalue weighted by molar-refractivity contribution is -0.384. The number of non-ortho nitro benzene ring substituents is 1. The van der Waals surface area contributed by atoms with Gasteiger partial charge in [0, 0.05) is 17.7 Å². The largest absolute Gasteiger partial charge is 0.269 e. The summed E-state index contributed by atoms with van der Waals surface area (Å²) < 4.78 is 0. The number of benzene rings is 4. The fraction of sp³-hybridized carbons (Fsp3) is 0. The standard InChI is InChI=1S/C25H19N5O2/c31-30(32)24-18-16-21(17-19-24)26-27-25(20-10-4-1-5-11-20)28-29(22-12-6-2-7-13-22)23-14-8-3-9-15-23/h1-19H. The van der Waals surface area contributed by atoms with Crippen molar-refractivity contribution in [2.24, 2.45) is 15.3 Å². The number of nitrogens with zero attached hydrogens (tertiary/aromatic N) is 5. The van der Waals surface area contributed by atoms with E-state index >= 15 is 0 Å². The molecule has 4 rings (SSSR count). The third-order valence-corrected chi connectivity index (χ3v) is 4.55. The molecule has 4 aromatic carbocycles. The molecular formula is C25H19N5O2. The second-order valence-electron chi connectivity index (χ2n) is 6.75. The number of nitro groups is 1. The molecule has 7 heteroatoms. The maximum Gasteiger partial charge on any atom is 0.269 e. The predicted octanol–water partition coefficient (Wildman–Crippen LogP) is 6.88. The van der Waals surface area contributed by atoms with E-state index in [-0.39, 0.29) is 5.69 Å². The van der Waals surface area contributed by atoms with E-state index in [0.717, 1.165) is 16.9 Å². The average Bonchev–Trinajstić information content (AvgIpc) is 2.86. The third-order valence-electron chi connectivity index (χ3n) is 4.55. The summed E-state index contributed by atoms with van der Waals surface area (Å²) in [5.41, 5.74) is 3.02. The van der Waals surface area contributed by atoms with E-state index in [4.69, 9.17) is 5.10 Å². The number of anilines is 2. The Bertz CT molecular complexity index is 1190. The molecule has 32 heavy (non-hydrogen) atoms. The molecule has 7 nitrogen and oxygen atoms in total. The lowest BCUT2D eigenvalue weighted by Crippen LogP contribution is -2.13. The molecule has 0 atom stereocenters. The Morgan fingerprint density at radius 1 is 0.688 bits per heavy atom. The van der Waals surface area contributed by atoms with Crippen molar-refractivity contribution in [3.8, 4) is 0 Å². The Morgan fingerprint density at radius 3 is 1.69 bits per heavy atom. The van der Waals surface area contributed by atoms with E-state index in [0.29, 0.717) is 11.5 Å². The molecule has 0 aromatic heterocycles. The van der Waals surface area contributed by atoms with Crippen LogP contribution < -0.4 is 5.01 Å². The van der Waals surface area contributed by atoms with Crippen LogP contribution in [0.5, 0.6) is 0 Å². The first kappa shape index (κ1) is 20.6. The van der Waals surface area contributed by atoms with Gasteiger partial charge in [-0.3, -0.25) is 10.1 Å². The zero-order valence-electron chi connectivity index (χ0n) is 17.0. The number of azo groups is 1. The lowest BCUT2D eigenvalue weighted by Gasteiger charge is -2.20. The first-order valence-electron chi connectivity index (χ1n) is 9.91. The highest BCUT2D eigenvalue weighted by Gasteiger charge is 2.11. The average molecular weight is 421 g/mol. The zero-order chi connectivity index (χ0) is 22.2. The molecule has 0 unspecified atom stereocenters. The highest BCUT2D eigenvalue weighted by atomic mass is 16.6. The molecule has 0 amide bonds. The number of amidine groups is 1. The Morgan fingerprint density at radius 2 is 1.19 bits per heavy atom. The van der Waals surface area contributed by atoms with Gasteiger partial charge >= 0.3 is 0 Å². The van der Waals surface area contributed by atoms with Gasteiger partial charge in [-0.1, -0.05) is 66.7 Å². The van der Waals surface area contributed by atoms with E-state index in [9.17, 15) is 10.1 Å². The van der Waals surface area contributed by atoms with Crippen LogP contribution >= 0.6 is 0 Å². The van der Waals surface area contributed by atoms with Crippen molar-refractivity contribution in [2.45, 2.75) is 0 Å². The third kappa shape index (κ3) is 5.09. The molecule has 0 aliphatic rings. The van der Waals surface area contributed by atoms with Crippen LogP contribution in [0.4, 0.5) is 22.7 Å². The molecule has 0 aliphatic heterocycles. The minimum atomic E-state index is -0.449. The van der Waals surface area contributed by atoms with Crippen LogP contribution in [0.2, 0.25) is 0 Å². The second-order valence-corrected chi connectivity index (χ2v) is 6.75. The maximum absolute atomic E-state index is 10.9. The van der Waals surface area contributed by atoms with Crippen molar-refractivity contribution >= 4 is 28.6 Å². The smallest absolute Gasteiger partial charge is 0.258 e. The molecule has 0 heterocycles. The van der Waals surface area contributed by atoms with E-state index in [1.807, 2.05) is 91.0 Å². The highest BCUT2D eigenvalue weighted by molar-refractivity contribution is 6.00. The molecule has 4 aromatic rings. The van der Waals surface area contributed by atoms with Crippen LogP contribution in [0, 0.1) is 10.1 Å². The summed E-state index contributed by atoms with van der Waals surface area (Å²) in [6.07, 6.45) is 0. The van der Waals surface area contributed by atoms with Crippen molar-refractivity contribution in [1.29, 1.82) is 0 Å². The minimum Gasteiger partial charge on any atom is -0.258 e. The van der Waals surface area contributed by atoms with Gasteiger partial charge in [0.2, 0.25) is 5.84 Å². The number of rotatable bonds is 6. The Hall–Kier alpha value is -4.65. The van der Waals surface area contributed by atoms with Crippen molar-refractivity contribution in [3.05, 3.63) is 131 Å². The molecular weight excluding hydrogens is 402 g/mol. The number of nitro benzene ring substituents is 1. The number of hydrogen-bond donors (Lipinski definition) is 0. The van der Waals surface area contributed by atoms with E-state index < -0.39 is 4.92 Å². The first-order chi connectivity index (χ1) is 15.7. The second kappa shape index (κ2) is 9.90. The highest BCUT2D eigenvalue weighted by Crippen LogP contribution is 2.26. The summed E-state index contributed by atoms with van der Waals surface area (Å²) in [6, 6.07) is 35.0. The first-order valence-corrected chi connectivity index (χ1v) is 9.91. The van der Waals surface area contributed by atoms with Crippen LogP contribution in [0.1, 0.15) is 5.56 Å². The summed E-state index contributed by atoms with van der Waals surface area (Å²) >= 11 is 0. The minimum absolute atomic E-state index is 0.000213. The fourth-order valence-electron chi connectivity index (χ4n) is 2.97. The quantitative estimate of drug-likeness (QED) is 0.112. The summed E-state index contributed by atoms with van der Waals surface area (Å²) in [7, 11) is 0. The molecule has 0 radical (unpaired) electrons. The molecule has 156 valence electrons. The van der Waals surface area contributed by atoms with Crippen molar-refractivity contribution < 1.29 is 4.92 Å². The predicted molar refractivity (Wildman–Crippen MR) is 126 cm³/mol. The van der Waals surface area contributed by atoms with Gasteiger partial charge in [0.15, 0.2) is 0 Å². The van der Waals surface area contributed by atoms with E-state index in [1.165, 1.54) is 12.1 Å². The zero-order valence-corrected chi connectivity index (χ0v) is 17.0. The van der Waals surface area contributed by atoms with Crippen LogP contribution in [-0.2, 0) is 0 Å². The molecule has 0 saturated carbocycles. The summed E-state index contributed by atoms with van der Waals surface area (Å²) in [5, 5.41) is 26.2. The Kier molecular flexibility index (Phi) is 6.38. The molecule has 0 aliphatic carbocycles. The fourth-order valence-corrected chi connectivity index (χ4v) is 2.97. The maximum atomic E-state index is 10.9. The molecule has 0 N–H and O–H groups in total. The van der Waals surface area contributed by atoms with Crippen molar-refractivity contribution in [1.82, 2.24) is 0 Å². The SMILES string of the molecule is O=[N+]([O-])c1ccc(N=NC(=NN(c2ccccc2)c2ccccc2)c2ccccc2)cc1. The summed E-state index contributed by atoms with van der Waals surface area (Å²) in [4.78, 5) is 10.4. The van der Waals surface area contributed by atoms with Crippen molar-refractivity contribution in [2.75, 3.05) is 5.01 Å². The van der Waals surface area contributed by atoms with Gasteiger partial charge in [0.25, 0.3) is 5.69 Å². The van der Waals surface area contributed by atoms with E-state index in [2.05, 4.69) is 10.2 Å². The van der Waals surface area contributed by atoms with Gasteiger partial charge in [-0.2, -0.15) is 0 Å². The van der Waals surface area contributed by atoms with Gasteiger partial charge in [0.1, 0.15) is 0 Å². The lowest BCUT2D eigenvalue weighted by atomic mass is 10.2. The number of hydrogen-bond acceptors (Lipinski definition) is 5. The van der Waals surface area contributed by atoms with Crippen molar-refractivity contribution in [3.63, 3.8) is 0 Å². The van der Waals surface area contributed by atoms with Crippen LogP contribution in [0.3, 0.4) is 0 Å². The number of para-hydroxylation sites is 2. The summed E-state index contributed by atoms with van der Waals surface area (Å²) in [6.45, 7) is 0. The summed E-state index contributed by atoms with van der Waals surface area (Å²) in [5.74, 6) is 0.400. The monoisotopic (exact) mass is 421 g/mol. The van der Waals surface area contributed by atoms with Crippen LogP contribution in [0.15, 0.2) is 131 Å². The Labute approximate surface area is 185 Å². The molecule has 0 saturated heterocycles. The molecule has 0 bridgehead atoms. The van der Waals surface area contributed by atoms with Gasteiger partial charge in [0.05, 0.1) is 22.0 Å². The Balaban J connectivity index is 1.77. The van der Waals surface area contributed by atoms with Crippen LogP contribution in [0.25, 0.3) is 0 Å². The normalized spacial score (nSPS) is 11.4.